The van der Waals surface area contributed by atoms with Crippen LogP contribution in [0.25, 0.3) is 6.08 Å². The zero-order valence-electron chi connectivity index (χ0n) is 18.8. The molecule has 3 rings (SSSR count). The Kier molecular flexibility index (Phi) is 8.39. The second kappa shape index (κ2) is 11.0. The van der Waals surface area contributed by atoms with Crippen molar-refractivity contribution in [2.45, 2.75) is 40.0 Å². The zero-order chi connectivity index (χ0) is 24.1. The van der Waals surface area contributed by atoms with Crippen LogP contribution < -0.4 is 5.32 Å². The van der Waals surface area contributed by atoms with Crippen molar-refractivity contribution in [3.8, 4) is 0 Å². The summed E-state index contributed by atoms with van der Waals surface area (Å²) in [5.41, 5.74) is 2.65. The molecule has 1 N–H and O–H groups in total. The van der Waals surface area contributed by atoms with Gasteiger partial charge in [-0.2, -0.15) is 0 Å². The number of nitrogens with one attached hydrogen (secondary N) is 1. The number of aromatic nitrogens is 1. The van der Waals surface area contributed by atoms with Crippen molar-refractivity contribution in [1.29, 1.82) is 0 Å². The van der Waals surface area contributed by atoms with Crippen LogP contribution in [0.4, 0.5) is 5.13 Å². The molecule has 0 aliphatic carbocycles. The van der Waals surface area contributed by atoms with Gasteiger partial charge in [0.15, 0.2) is 5.13 Å². The van der Waals surface area contributed by atoms with Gasteiger partial charge in [0.25, 0.3) is 5.91 Å². The molecule has 0 unspecified atom stereocenters. The van der Waals surface area contributed by atoms with E-state index in [0.717, 1.165) is 16.9 Å². The number of anilines is 1. The third kappa shape index (κ3) is 6.27. The third-order valence-corrected chi connectivity index (χ3v) is 7.27. The number of nitrogens with zero attached hydrogens (tertiary/aromatic N) is 2. The van der Waals surface area contributed by atoms with Crippen LogP contribution in [0.1, 0.15) is 59.6 Å². The highest BCUT2D eigenvalue weighted by atomic mass is 32.2. The minimum Gasteiger partial charge on any atom is -0.462 e. The van der Waals surface area contributed by atoms with Gasteiger partial charge < -0.3 is 10.1 Å². The van der Waals surface area contributed by atoms with Crippen LogP contribution >= 0.6 is 35.3 Å². The summed E-state index contributed by atoms with van der Waals surface area (Å²) < 4.78 is 5.41. The first kappa shape index (κ1) is 25.1. The lowest BCUT2D eigenvalue weighted by molar-refractivity contribution is -0.122. The molecular weight excluding hydrogens is 478 g/mol. The van der Waals surface area contributed by atoms with Gasteiger partial charge in [0.1, 0.15) is 9.20 Å². The number of benzene rings is 1. The smallest absolute Gasteiger partial charge is 0.350 e. The maximum atomic E-state index is 12.8. The number of esters is 1. The van der Waals surface area contributed by atoms with Crippen molar-refractivity contribution in [1.82, 2.24) is 9.88 Å². The topological polar surface area (TPSA) is 88.6 Å². The Morgan fingerprint density at radius 3 is 2.61 bits per heavy atom. The third-order valence-electron chi connectivity index (χ3n) is 4.84. The molecule has 0 bridgehead atoms. The summed E-state index contributed by atoms with van der Waals surface area (Å²) in [6, 6.07) is 8.07. The van der Waals surface area contributed by atoms with E-state index < -0.39 is 5.97 Å². The Bertz CT molecular complexity index is 1110. The molecule has 1 aromatic heterocycles. The van der Waals surface area contributed by atoms with Crippen molar-refractivity contribution in [2.24, 2.45) is 0 Å². The summed E-state index contributed by atoms with van der Waals surface area (Å²) in [5.74, 6) is -0.550. The molecule has 0 radical (unpaired) electrons. The fraction of sp³-hybridized carbons (Fsp3) is 0.348. The molecule has 2 heterocycles. The summed E-state index contributed by atoms with van der Waals surface area (Å²) in [5, 5.41) is 2.99. The number of carbonyl (C=O) groups is 3. The Balaban J connectivity index is 1.58. The molecule has 0 spiro atoms. The van der Waals surface area contributed by atoms with Crippen LogP contribution in [0.5, 0.6) is 0 Å². The number of amides is 2. The summed E-state index contributed by atoms with van der Waals surface area (Å²) in [7, 11) is 0. The number of thioether (sulfide) groups is 1. The second-order valence-electron chi connectivity index (χ2n) is 7.61. The standard InChI is InChI=1S/C23H25N3O4S3/c1-5-30-21(29)19-14(4)24-22(33-19)25-18(27)10-11-26-20(28)17(32-23(26)31)12-15-6-8-16(9-7-15)13(2)3/h6-9,12-13H,5,10-11H2,1-4H3,(H,24,25,27). The lowest BCUT2D eigenvalue weighted by Gasteiger charge is -2.13. The number of aryl methyl sites for hydroxylation is 1. The molecule has 2 aromatic rings. The molecule has 0 saturated carbocycles. The van der Waals surface area contributed by atoms with Crippen LogP contribution in [0.3, 0.4) is 0 Å². The minimum absolute atomic E-state index is 0.0518. The first-order valence-corrected chi connectivity index (χ1v) is 12.5. The summed E-state index contributed by atoms with van der Waals surface area (Å²) in [4.78, 5) is 43.6. The molecular formula is C23H25N3O4S3. The highest BCUT2D eigenvalue weighted by molar-refractivity contribution is 8.26. The van der Waals surface area contributed by atoms with E-state index >= 15 is 0 Å². The SMILES string of the molecule is CCOC(=O)c1sc(NC(=O)CCN2C(=O)C(=Cc3ccc(C(C)C)cc3)SC2=S)nc1C. The highest BCUT2D eigenvalue weighted by Crippen LogP contribution is 2.33. The Hall–Kier alpha value is -2.56. The van der Waals surface area contributed by atoms with Gasteiger partial charge in [0, 0.05) is 13.0 Å². The molecule has 1 aliphatic rings. The fourth-order valence-electron chi connectivity index (χ4n) is 3.05. The predicted molar refractivity (Wildman–Crippen MR) is 136 cm³/mol. The van der Waals surface area contributed by atoms with Crippen LogP contribution in [-0.2, 0) is 14.3 Å². The molecule has 0 atom stereocenters. The van der Waals surface area contributed by atoms with E-state index in [0.29, 0.717) is 30.8 Å². The molecule has 2 amide bonds. The molecule has 33 heavy (non-hydrogen) atoms. The highest BCUT2D eigenvalue weighted by Gasteiger charge is 2.32. The first-order valence-electron chi connectivity index (χ1n) is 10.5. The summed E-state index contributed by atoms with van der Waals surface area (Å²) in [6.45, 7) is 8.09. The normalized spacial score (nSPS) is 14.9. The van der Waals surface area contributed by atoms with Gasteiger partial charge in [0.2, 0.25) is 5.91 Å². The number of hydrogen-bond acceptors (Lipinski definition) is 8. The van der Waals surface area contributed by atoms with Crippen molar-refractivity contribution in [3.05, 3.63) is 50.9 Å². The second-order valence-corrected chi connectivity index (χ2v) is 10.3. The Labute approximate surface area is 206 Å². The maximum absolute atomic E-state index is 12.8. The van der Waals surface area contributed by atoms with E-state index in [1.807, 2.05) is 18.2 Å². The number of rotatable bonds is 8. The molecule has 1 aliphatic heterocycles. The molecule has 7 nitrogen and oxygen atoms in total. The molecule has 1 aromatic carbocycles. The molecule has 1 saturated heterocycles. The monoisotopic (exact) mass is 503 g/mol. The maximum Gasteiger partial charge on any atom is 0.350 e. The van der Waals surface area contributed by atoms with Gasteiger partial charge in [0.05, 0.1) is 17.2 Å². The van der Waals surface area contributed by atoms with E-state index in [-0.39, 0.29) is 31.4 Å². The largest absolute Gasteiger partial charge is 0.462 e. The van der Waals surface area contributed by atoms with Gasteiger partial charge >= 0.3 is 5.97 Å². The van der Waals surface area contributed by atoms with Crippen LogP contribution in [0.15, 0.2) is 29.2 Å². The number of ether oxygens (including phenoxy) is 1. The predicted octanol–water partition coefficient (Wildman–Crippen LogP) is 4.98. The molecule has 174 valence electrons. The van der Waals surface area contributed by atoms with Crippen molar-refractivity contribution in [3.63, 3.8) is 0 Å². The average Bonchev–Trinajstić information content (AvgIpc) is 3.25. The van der Waals surface area contributed by atoms with E-state index in [4.69, 9.17) is 17.0 Å². The van der Waals surface area contributed by atoms with Crippen LogP contribution in [0.2, 0.25) is 0 Å². The van der Waals surface area contributed by atoms with Gasteiger partial charge in [-0.05, 0) is 37.0 Å². The fourth-order valence-corrected chi connectivity index (χ4v) is 5.24. The van der Waals surface area contributed by atoms with E-state index in [1.54, 1.807) is 13.8 Å². The number of carbonyl (C=O) groups excluding carboxylic acids is 3. The summed E-state index contributed by atoms with van der Waals surface area (Å²) >= 11 is 7.65. The van der Waals surface area contributed by atoms with Crippen LogP contribution in [-0.4, -0.2) is 45.1 Å². The number of thiocarbonyl (C=S) groups is 1. The van der Waals surface area contributed by atoms with Crippen molar-refractivity contribution >= 4 is 68.6 Å². The quantitative estimate of drug-likeness (QED) is 0.309. The first-order chi connectivity index (χ1) is 15.7. The van der Waals surface area contributed by atoms with E-state index in [2.05, 4.69) is 36.3 Å². The Morgan fingerprint density at radius 1 is 1.27 bits per heavy atom. The Morgan fingerprint density at radius 2 is 1.97 bits per heavy atom. The zero-order valence-corrected chi connectivity index (χ0v) is 21.3. The molecule has 1 fully saturated rings. The van der Waals surface area contributed by atoms with Crippen LogP contribution in [0, 0.1) is 6.92 Å². The number of hydrogen-bond donors (Lipinski definition) is 1. The summed E-state index contributed by atoms with van der Waals surface area (Å²) in [6.07, 6.45) is 1.87. The lowest BCUT2D eigenvalue weighted by atomic mass is 10.0. The minimum atomic E-state index is -0.462. The van der Waals surface area contributed by atoms with Gasteiger partial charge in [-0.15, -0.1) is 0 Å². The molecule has 10 heteroatoms. The van der Waals surface area contributed by atoms with Gasteiger partial charge in [-0.1, -0.05) is 73.4 Å². The lowest BCUT2D eigenvalue weighted by Crippen LogP contribution is -2.31. The van der Waals surface area contributed by atoms with Crippen molar-refractivity contribution in [2.75, 3.05) is 18.5 Å². The van der Waals surface area contributed by atoms with E-state index in [9.17, 15) is 14.4 Å². The van der Waals surface area contributed by atoms with Gasteiger partial charge in [-0.25, -0.2) is 9.78 Å². The average molecular weight is 504 g/mol. The van der Waals surface area contributed by atoms with Gasteiger partial charge in [-0.3, -0.25) is 14.5 Å². The number of thiazole rings is 1. The van der Waals surface area contributed by atoms with Crippen molar-refractivity contribution < 1.29 is 19.1 Å². The van der Waals surface area contributed by atoms with E-state index in [1.165, 1.54) is 22.2 Å².